The molecular weight excluding hydrogens is 318 g/mol. The first-order valence-corrected chi connectivity index (χ1v) is 8.01. The van der Waals surface area contributed by atoms with E-state index in [1.165, 1.54) is 4.90 Å². The third-order valence-corrected chi connectivity index (χ3v) is 4.31. The maximum absolute atomic E-state index is 12.5. The van der Waals surface area contributed by atoms with E-state index >= 15 is 0 Å². The van der Waals surface area contributed by atoms with E-state index in [0.29, 0.717) is 30.0 Å². The monoisotopic (exact) mass is 339 g/mol. The molecule has 1 fully saturated rings. The summed E-state index contributed by atoms with van der Waals surface area (Å²) in [7, 11) is 0. The molecule has 6 heteroatoms. The van der Waals surface area contributed by atoms with Crippen molar-refractivity contribution in [2.24, 2.45) is 0 Å². The van der Waals surface area contributed by atoms with Gasteiger partial charge in [0.05, 0.1) is 0 Å². The average molecular weight is 340 g/mol. The van der Waals surface area contributed by atoms with Crippen LogP contribution in [0.4, 0.5) is 4.79 Å². The van der Waals surface area contributed by atoms with Crippen LogP contribution in [-0.4, -0.2) is 39.8 Å². The molecule has 1 atom stereocenters. The maximum atomic E-state index is 12.5. The van der Waals surface area contributed by atoms with Crippen LogP contribution in [0, 0.1) is 0 Å². The van der Waals surface area contributed by atoms with E-state index in [4.69, 9.17) is 16.3 Å². The molecule has 0 bridgehead atoms. The molecule has 1 saturated heterocycles. The molecular formula is C17H22ClNO4. The van der Waals surface area contributed by atoms with Gasteiger partial charge in [0.25, 0.3) is 0 Å². The Labute approximate surface area is 141 Å². The number of ether oxygens (including phenoxy) is 1. The molecule has 2 rings (SSSR count). The summed E-state index contributed by atoms with van der Waals surface area (Å²) in [5.74, 6) is -1.03. The van der Waals surface area contributed by atoms with Crippen LogP contribution in [-0.2, 0) is 16.0 Å². The highest BCUT2D eigenvalue weighted by Crippen LogP contribution is 2.36. The Morgan fingerprint density at radius 3 is 2.57 bits per heavy atom. The summed E-state index contributed by atoms with van der Waals surface area (Å²) in [6.45, 7) is 5.65. The highest BCUT2D eigenvalue weighted by Gasteiger charge is 2.51. The van der Waals surface area contributed by atoms with Crippen molar-refractivity contribution in [3.63, 3.8) is 0 Å². The number of rotatable bonds is 3. The molecule has 0 aromatic heterocycles. The zero-order chi connectivity index (χ0) is 17.3. The van der Waals surface area contributed by atoms with Gasteiger partial charge in [0.2, 0.25) is 0 Å². The van der Waals surface area contributed by atoms with E-state index in [2.05, 4.69) is 0 Å². The number of nitrogens with zero attached hydrogens (tertiary/aromatic N) is 1. The molecule has 1 N–H and O–H groups in total. The zero-order valence-electron chi connectivity index (χ0n) is 13.6. The van der Waals surface area contributed by atoms with Crippen molar-refractivity contribution in [2.75, 3.05) is 6.54 Å². The topological polar surface area (TPSA) is 66.8 Å². The number of amides is 1. The van der Waals surface area contributed by atoms with Crippen LogP contribution < -0.4 is 0 Å². The van der Waals surface area contributed by atoms with Gasteiger partial charge >= 0.3 is 12.1 Å². The van der Waals surface area contributed by atoms with Crippen molar-refractivity contribution in [1.82, 2.24) is 4.90 Å². The summed E-state index contributed by atoms with van der Waals surface area (Å²) in [4.78, 5) is 25.8. The lowest BCUT2D eigenvalue weighted by atomic mass is 9.88. The number of aliphatic carboxylic acids is 1. The summed E-state index contributed by atoms with van der Waals surface area (Å²) in [5.41, 5.74) is -1.27. The van der Waals surface area contributed by atoms with Gasteiger partial charge in [-0.3, -0.25) is 4.90 Å². The minimum atomic E-state index is -1.31. The van der Waals surface area contributed by atoms with Crippen LogP contribution in [0.3, 0.4) is 0 Å². The van der Waals surface area contributed by atoms with Crippen LogP contribution in [0.25, 0.3) is 0 Å². The number of carboxylic acids is 1. The number of carboxylic acid groups (broad SMARTS) is 1. The second-order valence-electron chi connectivity index (χ2n) is 6.84. The molecule has 0 spiro atoms. The average Bonchev–Trinajstić information content (AvgIpc) is 2.84. The van der Waals surface area contributed by atoms with Crippen molar-refractivity contribution < 1.29 is 19.4 Å². The highest BCUT2D eigenvalue weighted by atomic mass is 35.5. The number of hydrogen-bond acceptors (Lipinski definition) is 3. The molecule has 23 heavy (non-hydrogen) atoms. The molecule has 1 aromatic rings. The Hall–Kier alpha value is -1.75. The lowest BCUT2D eigenvalue weighted by Gasteiger charge is -2.36. The van der Waals surface area contributed by atoms with Gasteiger partial charge in [0.15, 0.2) is 0 Å². The van der Waals surface area contributed by atoms with Crippen LogP contribution >= 0.6 is 11.6 Å². The number of hydrogen-bond donors (Lipinski definition) is 1. The zero-order valence-corrected chi connectivity index (χ0v) is 14.4. The van der Waals surface area contributed by atoms with Crippen LogP contribution in [0.2, 0.25) is 5.02 Å². The first-order valence-electron chi connectivity index (χ1n) is 7.63. The lowest BCUT2D eigenvalue weighted by Crippen LogP contribution is -2.55. The van der Waals surface area contributed by atoms with Gasteiger partial charge < -0.3 is 9.84 Å². The minimum absolute atomic E-state index is 0.168. The van der Waals surface area contributed by atoms with Gasteiger partial charge in [-0.1, -0.05) is 29.8 Å². The Kier molecular flexibility index (Phi) is 4.90. The van der Waals surface area contributed by atoms with Crippen LogP contribution in [0.5, 0.6) is 0 Å². The van der Waals surface area contributed by atoms with E-state index in [0.717, 1.165) is 0 Å². The summed E-state index contributed by atoms with van der Waals surface area (Å²) >= 11 is 6.18. The first-order chi connectivity index (χ1) is 10.7. The number of carbonyl (C=O) groups is 2. The molecule has 1 aliphatic heterocycles. The van der Waals surface area contributed by atoms with Gasteiger partial charge in [-0.25, -0.2) is 9.59 Å². The molecule has 1 aromatic carbocycles. The van der Waals surface area contributed by atoms with Gasteiger partial charge in [-0.15, -0.1) is 0 Å². The third kappa shape index (κ3) is 3.78. The van der Waals surface area contributed by atoms with E-state index in [1.807, 2.05) is 6.07 Å². The second kappa shape index (κ2) is 6.40. The maximum Gasteiger partial charge on any atom is 0.411 e. The van der Waals surface area contributed by atoms with E-state index < -0.39 is 23.2 Å². The van der Waals surface area contributed by atoms with Gasteiger partial charge in [0.1, 0.15) is 11.1 Å². The summed E-state index contributed by atoms with van der Waals surface area (Å²) in [5, 5.41) is 10.3. The predicted molar refractivity (Wildman–Crippen MR) is 87.7 cm³/mol. The first kappa shape index (κ1) is 17.6. The van der Waals surface area contributed by atoms with Crippen molar-refractivity contribution in [3.05, 3.63) is 34.9 Å². The van der Waals surface area contributed by atoms with E-state index in [9.17, 15) is 14.7 Å². The quantitative estimate of drug-likeness (QED) is 0.911. The lowest BCUT2D eigenvalue weighted by molar-refractivity contribution is -0.149. The van der Waals surface area contributed by atoms with Crippen LogP contribution in [0.1, 0.15) is 39.2 Å². The Morgan fingerprint density at radius 1 is 1.35 bits per heavy atom. The molecule has 1 heterocycles. The SMILES string of the molecule is CC(C)(C)OC(=O)N1CCC[C@@]1(Cc1ccccc1Cl)C(=O)O. The van der Waals surface area contributed by atoms with E-state index in [-0.39, 0.29) is 6.42 Å². The molecule has 1 amide bonds. The Bertz CT molecular complexity index is 611. The third-order valence-electron chi connectivity index (χ3n) is 3.94. The fourth-order valence-corrected chi connectivity index (χ4v) is 3.10. The fraction of sp³-hybridized carbons (Fsp3) is 0.529. The van der Waals surface area contributed by atoms with Crippen molar-refractivity contribution in [3.8, 4) is 0 Å². The van der Waals surface area contributed by atoms with E-state index in [1.54, 1.807) is 39.0 Å². The molecule has 0 aliphatic carbocycles. The number of likely N-dealkylation sites (tertiary alicyclic amines) is 1. The van der Waals surface area contributed by atoms with Gasteiger partial charge in [-0.05, 0) is 45.2 Å². The standard InChI is InChI=1S/C17H22ClNO4/c1-16(2,3)23-15(22)19-10-6-9-17(19,14(20)21)11-12-7-4-5-8-13(12)18/h4-5,7-8H,6,9-11H2,1-3H3,(H,20,21)/t17-/m1/s1. The fourth-order valence-electron chi connectivity index (χ4n) is 2.90. The molecule has 0 radical (unpaired) electrons. The molecule has 1 aliphatic rings. The largest absolute Gasteiger partial charge is 0.479 e. The van der Waals surface area contributed by atoms with Crippen molar-refractivity contribution in [1.29, 1.82) is 0 Å². The number of halogens is 1. The van der Waals surface area contributed by atoms with Gasteiger partial charge in [-0.2, -0.15) is 0 Å². The van der Waals surface area contributed by atoms with Crippen molar-refractivity contribution in [2.45, 2.75) is 51.2 Å². The summed E-state index contributed by atoms with van der Waals surface area (Å²) in [6, 6.07) is 7.11. The highest BCUT2D eigenvalue weighted by molar-refractivity contribution is 6.31. The Morgan fingerprint density at radius 2 is 2.00 bits per heavy atom. The summed E-state index contributed by atoms with van der Waals surface area (Å²) in [6.07, 6.45) is 0.578. The normalized spacial score (nSPS) is 21.3. The predicted octanol–water partition coefficient (Wildman–Crippen LogP) is 3.74. The Balaban J connectivity index is 2.33. The smallest absolute Gasteiger partial charge is 0.411 e. The molecule has 0 saturated carbocycles. The van der Waals surface area contributed by atoms with Gasteiger partial charge in [0, 0.05) is 18.0 Å². The summed E-state index contributed by atoms with van der Waals surface area (Å²) < 4.78 is 5.39. The number of carbonyl (C=O) groups excluding carboxylic acids is 1. The number of benzene rings is 1. The minimum Gasteiger partial charge on any atom is -0.479 e. The molecule has 5 nitrogen and oxygen atoms in total. The second-order valence-corrected chi connectivity index (χ2v) is 7.25. The molecule has 126 valence electrons. The van der Waals surface area contributed by atoms with Crippen LogP contribution in [0.15, 0.2) is 24.3 Å². The molecule has 0 unspecified atom stereocenters. The van der Waals surface area contributed by atoms with Crippen molar-refractivity contribution >= 4 is 23.7 Å².